The van der Waals surface area contributed by atoms with Gasteiger partial charge in [-0.1, -0.05) is 13.8 Å². The lowest BCUT2D eigenvalue weighted by Gasteiger charge is -2.45. The van der Waals surface area contributed by atoms with E-state index in [9.17, 15) is 19.8 Å². The second kappa shape index (κ2) is 5.00. The molecule has 2 saturated heterocycles. The Labute approximate surface area is 113 Å². The van der Waals surface area contributed by atoms with E-state index in [1.54, 1.807) is 4.90 Å². The lowest BCUT2D eigenvalue weighted by Crippen LogP contribution is -2.59. The zero-order chi connectivity index (χ0) is 14.2. The number of aliphatic hydroxyl groups is 1. The van der Waals surface area contributed by atoms with Crippen LogP contribution in [0.1, 0.15) is 33.1 Å². The van der Waals surface area contributed by atoms with Crippen molar-refractivity contribution in [1.29, 1.82) is 0 Å². The number of piperidine rings is 1. The van der Waals surface area contributed by atoms with Gasteiger partial charge in [-0.05, 0) is 24.7 Å². The molecule has 19 heavy (non-hydrogen) atoms. The average molecular weight is 270 g/mol. The van der Waals surface area contributed by atoms with E-state index >= 15 is 0 Å². The molecule has 6 heteroatoms. The van der Waals surface area contributed by atoms with Crippen molar-refractivity contribution < 1.29 is 19.8 Å². The quantitative estimate of drug-likeness (QED) is 0.736. The van der Waals surface area contributed by atoms with Crippen LogP contribution < -0.4 is 0 Å². The van der Waals surface area contributed by atoms with Gasteiger partial charge in [-0.15, -0.1) is 0 Å². The highest BCUT2D eigenvalue weighted by molar-refractivity contribution is 5.83. The van der Waals surface area contributed by atoms with Crippen molar-refractivity contribution in [2.45, 2.75) is 45.3 Å². The van der Waals surface area contributed by atoms with Gasteiger partial charge in [0.25, 0.3) is 0 Å². The van der Waals surface area contributed by atoms with Crippen LogP contribution in [-0.2, 0) is 4.79 Å². The van der Waals surface area contributed by atoms with Crippen LogP contribution in [-0.4, -0.2) is 63.8 Å². The standard InChI is InChI=1S/C13H22N2O4/c1-13(2)5-3-6-15(10(13)11(17)18)12(19)14-7-4-9(16)8-14/h9-10,16H,3-8H2,1-2H3,(H,17,18). The Morgan fingerprint density at radius 3 is 2.47 bits per heavy atom. The van der Waals surface area contributed by atoms with Crippen LogP contribution >= 0.6 is 0 Å². The highest BCUT2D eigenvalue weighted by atomic mass is 16.4. The average Bonchev–Trinajstić information content (AvgIpc) is 2.72. The normalized spacial score (nSPS) is 30.5. The summed E-state index contributed by atoms with van der Waals surface area (Å²) < 4.78 is 0. The number of nitrogens with zero attached hydrogens (tertiary/aromatic N) is 2. The summed E-state index contributed by atoms with van der Waals surface area (Å²) >= 11 is 0. The number of β-amino-alcohol motifs (C(OH)–C–C–N with tert-alkyl or cyclic N) is 1. The van der Waals surface area contributed by atoms with Crippen LogP contribution in [0.25, 0.3) is 0 Å². The van der Waals surface area contributed by atoms with Crippen molar-refractivity contribution in [3.63, 3.8) is 0 Å². The van der Waals surface area contributed by atoms with Gasteiger partial charge >= 0.3 is 12.0 Å². The first kappa shape index (κ1) is 14.1. The number of rotatable bonds is 1. The summed E-state index contributed by atoms with van der Waals surface area (Å²) in [6.07, 6.45) is 1.71. The number of carboxylic acids is 1. The molecule has 0 aromatic rings. The van der Waals surface area contributed by atoms with E-state index in [1.807, 2.05) is 13.8 Å². The summed E-state index contributed by atoms with van der Waals surface area (Å²) in [5.74, 6) is -0.946. The summed E-state index contributed by atoms with van der Waals surface area (Å²) in [5, 5.41) is 18.9. The third-order valence-corrected chi connectivity index (χ3v) is 4.19. The molecule has 108 valence electrons. The number of hydrogen-bond acceptors (Lipinski definition) is 3. The second-order valence-electron chi connectivity index (χ2n) is 6.20. The van der Waals surface area contributed by atoms with Gasteiger partial charge in [0.15, 0.2) is 0 Å². The second-order valence-corrected chi connectivity index (χ2v) is 6.20. The third-order valence-electron chi connectivity index (χ3n) is 4.19. The fourth-order valence-electron chi connectivity index (χ4n) is 3.16. The van der Waals surface area contributed by atoms with Gasteiger partial charge in [-0.2, -0.15) is 0 Å². The molecular weight excluding hydrogens is 248 g/mol. The van der Waals surface area contributed by atoms with Crippen molar-refractivity contribution in [2.75, 3.05) is 19.6 Å². The van der Waals surface area contributed by atoms with Crippen molar-refractivity contribution in [1.82, 2.24) is 9.80 Å². The Kier molecular flexibility index (Phi) is 3.71. The van der Waals surface area contributed by atoms with Gasteiger partial charge in [0.1, 0.15) is 6.04 Å². The van der Waals surface area contributed by atoms with E-state index < -0.39 is 23.5 Å². The predicted octanol–water partition coefficient (Wildman–Crippen LogP) is 0.748. The summed E-state index contributed by atoms with van der Waals surface area (Å²) in [5.41, 5.74) is -0.419. The maximum Gasteiger partial charge on any atom is 0.327 e. The van der Waals surface area contributed by atoms with Gasteiger partial charge in [0, 0.05) is 19.6 Å². The first-order valence-corrected chi connectivity index (χ1v) is 6.79. The molecule has 0 aromatic carbocycles. The number of urea groups is 1. The van der Waals surface area contributed by atoms with Gasteiger partial charge in [-0.25, -0.2) is 9.59 Å². The Balaban J connectivity index is 2.16. The number of carbonyl (C=O) groups is 2. The topological polar surface area (TPSA) is 81.1 Å². The molecule has 0 bridgehead atoms. The van der Waals surface area contributed by atoms with Crippen LogP contribution in [0.3, 0.4) is 0 Å². The third kappa shape index (κ3) is 2.68. The molecule has 2 atom stereocenters. The Bertz CT molecular complexity index is 383. The lowest BCUT2D eigenvalue weighted by molar-refractivity contribution is -0.148. The molecular formula is C13H22N2O4. The molecule has 2 amide bonds. The fraction of sp³-hybridized carbons (Fsp3) is 0.846. The molecule has 2 fully saturated rings. The molecule has 0 radical (unpaired) electrons. The number of hydrogen-bond donors (Lipinski definition) is 2. The Morgan fingerprint density at radius 1 is 1.26 bits per heavy atom. The van der Waals surface area contributed by atoms with E-state index in [2.05, 4.69) is 0 Å². The van der Waals surface area contributed by atoms with Gasteiger partial charge < -0.3 is 20.0 Å². The first-order chi connectivity index (χ1) is 8.83. The number of likely N-dealkylation sites (tertiary alicyclic amines) is 2. The van der Waals surface area contributed by atoms with Crippen LogP contribution in [0.4, 0.5) is 4.79 Å². The molecule has 0 aliphatic carbocycles. The van der Waals surface area contributed by atoms with Crippen molar-refractivity contribution in [3.05, 3.63) is 0 Å². The number of amides is 2. The van der Waals surface area contributed by atoms with Crippen molar-refractivity contribution >= 4 is 12.0 Å². The minimum atomic E-state index is -0.946. The molecule has 2 aliphatic rings. The van der Waals surface area contributed by atoms with Crippen LogP contribution in [0.2, 0.25) is 0 Å². The Hall–Kier alpha value is -1.30. The summed E-state index contributed by atoms with van der Waals surface area (Å²) in [6.45, 7) is 5.07. The predicted molar refractivity (Wildman–Crippen MR) is 68.7 cm³/mol. The summed E-state index contributed by atoms with van der Waals surface area (Å²) in [6, 6.07) is -1.04. The zero-order valence-electron chi connectivity index (χ0n) is 11.5. The molecule has 0 aromatic heterocycles. The van der Waals surface area contributed by atoms with E-state index in [1.165, 1.54) is 4.90 Å². The molecule has 0 spiro atoms. The molecule has 2 rings (SSSR count). The van der Waals surface area contributed by atoms with Gasteiger partial charge in [0.05, 0.1) is 6.10 Å². The van der Waals surface area contributed by atoms with Crippen molar-refractivity contribution in [2.24, 2.45) is 5.41 Å². The van der Waals surface area contributed by atoms with E-state index in [4.69, 9.17) is 0 Å². The largest absolute Gasteiger partial charge is 0.480 e. The minimum Gasteiger partial charge on any atom is -0.480 e. The number of carboxylic acid groups (broad SMARTS) is 1. The monoisotopic (exact) mass is 270 g/mol. The number of carbonyl (C=O) groups excluding carboxylic acids is 1. The van der Waals surface area contributed by atoms with Gasteiger partial charge in [0.2, 0.25) is 0 Å². The summed E-state index contributed by atoms with van der Waals surface area (Å²) in [7, 11) is 0. The molecule has 2 aliphatic heterocycles. The molecule has 0 saturated carbocycles. The minimum absolute atomic E-state index is 0.253. The smallest absolute Gasteiger partial charge is 0.327 e. The van der Waals surface area contributed by atoms with E-state index in [0.717, 1.165) is 12.8 Å². The molecule has 2 unspecified atom stereocenters. The van der Waals surface area contributed by atoms with Gasteiger partial charge in [-0.3, -0.25) is 0 Å². The van der Waals surface area contributed by atoms with E-state index in [0.29, 0.717) is 26.1 Å². The maximum absolute atomic E-state index is 12.4. The first-order valence-electron chi connectivity index (χ1n) is 6.79. The SMILES string of the molecule is CC1(C)CCCN(C(=O)N2CCC(O)C2)C1C(=O)O. The Morgan fingerprint density at radius 2 is 1.95 bits per heavy atom. The number of aliphatic carboxylic acids is 1. The lowest BCUT2D eigenvalue weighted by atomic mass is 9.76. The molecule has 2 heterocycles. The molecule has 6 nitrogen and oxygen atoms in total. The number of aliphatic hydroxyl groups excluding tert-OH is 1. The molecule has 2 N–H and O–H groups in total. The van der Waals surface area contributed by atoms with Crippen LogP contribution in [0, 0.1) is 5.41 Å². The van der Waals surface area contributed by atoms with E-state index in [-0.39, 0.29) is 6.03 Å². The van der Waals surface area contributed by atoms with Crippen LogP contribution in [0.5, 0.6) is 0 Å². The summed E-state index contributed by atoms with van der Waals surface area (Å²) in [4.78, 5) is 26.9. The zero-order valence-corrected chi connectivity index (χ0v) is 11.5. The van der Waals surface area contributed by atoms with Crippen LogP contribution in [0.15, 0.2) is 0 Å². The van der Waals surface area contributed by atoms with Crippen molar-refractivity contribution in [3.8, 4) is 0 Å². The maximum atomic E-state index is 12.4. The highest BCUT2D eigenvalue weighted by Gasteiger charge is 2.46. The highest BCUT2D eigenvalue weighted by Crippen LogP contribution is 2.36. The fourth-order valence-corrected chi connectivity index (χ4v) is 3.16.